The number of nitrogens with zero attached hydrogens (tertiary/aromatic N) is 9. The number of aryl methyl sites for hydroxylation is 1. The Morgan fingerprint density at radius 2 is 1.98 bits per heavy atom. The molecule has 0 radical (unpaired) electrons. The molecule has 6 rings (SSSR count). The van der Waals surface area contributed by atoms with Crippen molar-refractivity contribution in [2.24, 2.45) is 0 Å². The van der Waals surface area contributed by atoms with Gasteiger partial charge in [0.2, 0.25) is 5.88 Å². The highest BCUT2D eigenvalue weighted by Crippen LogP contribution is 2.23. The summed E-state index contributed by atoms with van der Waals surface area (Å²) < 4.78 is 23.7. The Labute approximate surface area is 252 Å². The molecule has 1 fully saturated rings. The number of imidazole rings is 1. The van der Waals surface area contributed by atoms with Crippen LogP contribution in [0.1, 0.15) is 45.5 Å². The predicted octanol–water partition coefficient (Wildman–Crippen LogP) is 3.54. The molecule has 1 aromatic carbocycles. The van der Waals surface area contributed by atoms with E-state index in [0.717, 1.165) is 55.5 Å². The van der Waals surface area contributed by atoms with Crippen LogP contribution in [0.4, 0.5) is 10.2 Å². The second-order valence-electron chi connectivity index (χ2n) is 10.5. The molecule has 0 aliphatic carbocycles. The number of piperazine rings is 1. The number of halogens is 1. The van der Waals surface area contributed by atoms with Crippen LogP contribution < -0.4 is 9.64 Å². The maximum absolute atomic E-state index is 14.3. The van der Waals surface area contributed by atoms with Gasteiger partial charge < -0.3 is 19.3 Å². The van der Waals surface area contributed by atoms with E-state index in [9.17, 15) is 14.3 Å². The Balaban J connectivity index is 1.14. The quantitative estimate of drug-likeness (QED) is 0.255. The molecule has 0 spiro atoms. The van der Waals surface area contributed by atoms with Crippen LogP contribution in [0.25, 0.3) is 5.65 Å². The first-order valence-electron chi connectivity index (χ1n) is 14.3. The average molecular weight is 596 g/mol. The smallest absolute Gasteiger partial charge is 0.354 e. The highest BCUT2D eigenvalue weighted by atomic mass is 19.1. The summed E-state index contributed by atoms with van der Waals surface area (Å²) in [7, 11) is 0. The van der Waals surface area contributed by atoms with Crippen LogP contribution in [0.2, 0.25) is 0 Å². The summed E-state index contributed by atoms with van der Waals surface area (Å²) in [6.07, 6.45) is 5.79. The normalized spacial score (nSPS) is 13.7. The molecule has 4 aromatic heterocycles. The number of nitriles is 1. The Bertz CT molecular complexity index is 1850. The van der Waals surface area contributed by atoms with E-state index in [1.165, 1.54) is 12.1 Å². The van der Waals surface area contributed by atoms with Gasteiger partial charge in [0.05, 0.1) is 23.7 Å². The monoisotopic (exact) mass is 595 g/mol. The van der Waals surface area contributed by atoms with Gasteiger partial charge in [0.25, 0.3) is 0 Å². The van der Waals surface area contributed by atoms with Gasteiger partial charge in [0, 0.05) is 81.0 Å². The predicted molar refractivity (Wildman–Crippen MR) is 158 cm³/mol. The van der Waals surface area contributed by atoms with E-state index >= 15 is 0 Å². The van der Waals surface area contributed by atoms with Crippen molar-refractivity contribution in [2.45, 2.75) is 33.0 Å². The van der Waals surface area contributed by atoms with Gasteiger partial charge in [-0.15, -0.1) is 0 Å². The van der Waals surface area contributed by atoms with Crippen LogP contribution >= 0.6 is 0 Å². The Morgan fingerprint density at radius 3 is 2.73 bits per heavy atom. The number of carbonyl (C=O) groups is 1. The summed E-state index contributed by atoms with van der Waals surface area (Å²) in [5.41, 5.74) is 3.86. The maximum Gasteiger partial charge on any atom is 0.354 e. The highest BCUT2D eigenvalue weighted by molar-refractivity contribution is 5.86. The lowest BCUT2D eigenvalue weighted by molar-refractivity contribution is 0.0690. The van der Waals surface area contributed by atoms with E-state index in [4.69, 9.17) is 15.1 Å². The van der Waals surface area contributed by atoms with Crippen molar-refractivity contribution in [2.75, 3.05) is 31.1 Å². The molecule has 1 N–H and O–H groups in total. The van der Waals surface area contributed by atoms with Crippen molar-refractivity contribution in [1.29, 1.82) is 5.26 Å². The Morgan fingerprint density at radius 1 is 1.14 bits per heavy atom. The summed E-state index contributed by atoms with van der Waals surface area (Å²) in [4.78, 5) is 29.5. The molecule has 12 nitrogen and oxygen atoms in total. The lowest BCUT2D eigenvalue weighted by atomic mass is 10.1. The summed E-state index contributed by atoms with van der Waals surface area (Å²) in [6.45, 7) is 6.39. The number of carboxylic acids is 1. The molecular formula is C31H30FN9O3. The van der Waals surface area contributed by atoms with Crippen LogP contribution in [0.15, 0.2) is 61.2 Å². The SMILES string of the molecule is CCn1cncc1Cc1c(CN2CCN(c3cccc(OCc4ccc(C#N)cc4F)n3)CC2)nn2ccc(C(=O)O)nc12. The average Bonchev–Trinajstić information content (AvgIpc) is 3.64. The van der Waals surface area contributed by atoms with Gasteiger partial charge in [-0.1, -0.05) is 12.1 Å². The number of rotatable bonds is 10. The topological polar surface area (TPSA) is 138 Å². The summed E-state index contributed by atoms with van der Waals surface area (Å²) >= 11 is 0. The second-order valence-corrected chi connectivity index (χ2v) is 10.5. The third-order valence-electron chi connectivity index (χ3n) is 7.72. The van der Waals surface area contributed by atoms with Crippen LogP contribution in [-0.4, -0.2) is 71.3 Å². The molecule has 0 amide bonds. The number of anilines is 1. The first kappa shape index (κ1) is 28.8. The number of fused-ring (bicyclic) bond motifs is 1. The van der Waals surface area contributed by atoms with E-state index in [1.54, 1.807) is 35.2 Å². The van der Waals surface area contributed by atoms with Gasteiger partial charge in [-0.25, -0.2) is 23.7 Å². The minimum atomic E-state index is -1.08. The lowest BCUT2D eigenvalue weighted by Gasteiger charge is -2.35. The highest BCUT2D eigenvalue weighted by Gasteiger charge is 2.23. The van der Waals surface area contributed by atoms with Crippen LogP contribution in [-0.2, 0) is 26.1 Å². The van der Waals surface area contributed by atoms with Crippen molar-refractivity contribution < 1.29 is 19.0 Å². The van der Waals surface area contributed by atoms with Gasteiger partial charge in [-0.3, -0.25) is 4.90 Å². The fourth-order valence-corrected chi connectivity index (χ4v) is 5.30. The maximum atomic E-state index is 14.3. The van der Waals surface area contributed by atoms with Crippen LogP contribution in [0.3, 0.4) is 0 Å². The molecule has 0 atom stereocenters. The minimum absolute atomic E-state index is 0.00494. The van der Waals surface area contributed by atoms with Crippen LogP contribution in [0, 0.1) is 17.1 Å². The number of benzene rings is 1. The zero-order valence-corrected chi connectivity index (χ0v) is 24.1. The molecule has 1 aliphatic heterocycles. The summed E-state index contributed by atoms with van der Waals surface area (Å²) in [5, 5.41) is 23.3. The molecule has 0 saturated carbocycles. The molecule has 224 valence electrons. The van der Waals surface area contributed by atoms with E-state index in [1.807, 2.05) is 31.3 Å². The first-order chi connectivity index (χ1) is 21.4. The third kappa shape index (κ3) is 6.06. The largest absolute Gasteiger partial charge is 0.477 e. The number of aromatic nitrogens is 6. The minimum Gasteiger partial charge on any atom is -0.477 e. The van der Waals surface area contributed by atoms with Crippen molar-refractivity contribution >= 4 is 17.4 Å². The number of hydrogen-bond acceptors (Lipinski definition) is 9. The molecule has 1 saturated heterocycles. The second kappa shape index (κ2) is 12.5. The zero-order chi connectivity index (χ0) is 30.6. The Hall–Kier alpha value is -5.35. The molecule has 5 heterocycles. The molecule has 13 heteroatoms. The summed E-state index contributed by atoms with van der Waals surface area (Å²) in [5.74, 6) is -0.406. The molecule has 0 bridgehead atoms. The van der Waals surface area contributed by atoms with E-state index < -0.39 is 11.8 Å². The van der Waals surface area contributed by atoms with Crippen molar-refractivity contribution in [3.63, 3.8) is 0 Å². The van der Waals surface area contributed by atoms with Crippen LogP contribution in [0.5, 0.6) is 5.88 Å². The number of pyridine rings is 1. The number of carboxylic acid groups (broad SMARTS) is 1. The number of aromatic carboxylic acids is 1. The fraction of sp³-hybridized carbons (Fsp3) is 0.290. The van der Waals surface area contributed by atoms with E-state index in [2.05, 4.69) is 29.3 Å². The van der Waals surface area contributed by atoms with Crippen molar-refractivity contribution in [3.8, 4) is 11.9 Å². The van der Waals surface area contributed by atoms with Gasteiger partial charge in [-0.2, -0.15) is 15.3 Å². The zero-order valence-electron chi connectivity index (χ0n) is 24.1. The lowest BCUT2D eigenvalue weighted by Crippen LogP contribution is -2.46. The number of hydrogen-bond donors (Lipinski definition) is 1. The van der Waals surface area contributed by atoms with Gasteiger partial charge in [0.1, 0.15) is 18.2 Å². The first-order valence-corrected chi connectivity index (χ1v) is 14.3. The molecule has 44 heavy (non-hydrogen) atoms. The fourth-order valence-electron chi connectivity index (χ4n) is 5.30. The Kier molecular flexibility index (Phi) is 8.16. The third-order valence-corrected chi connectivity index (χ3v) is 7.72. The van der Waals surface area contributed by atoms with Crippen molar-refractivity contribution in [3.05, 3.63) is 101 Å². The molecular weight excluding hydrogens is 565 g/mol. The molecule has 5 aromatic rings. The van der Waals surface area contributed by atoms with E-state index in [0.29, 0.717) is 30.1 Å². The van der Waals surface area contributed by atoms with Gasteiger partial charge in [0.15, 0.2) is 11.3 Å². The molecule has 0 unspecified atom stereocenters. The van der Waals surface area contributed by atoms with Gasteiger partial charge >= 0.3 is 5.97 Å². The van der Waals surface area contributed by atoms with Crippen molar-refractivity contribution in [1.82, 2.24) is 34.0 Å². The molecule has 1 aliphatic rings. The van der Waals surface area contributed by atoms with E-state index in [-0.39, 0.29) is 17.9 Å². The summed E-state index contributed by atoms with van der Waals surface area (Å²) in [6, 6.07) is 13.2. The van der Waals surface area contributed by atoms with Gasteiger partial charge in [-0.05, 0) is 31.2 Å². The number of ether oxygens (including phenoxy) is 1. The standard InChI is InChI=1S/C31H30FN9O3/c1-2-39-20-34-17-23(39)15-24-27(37-41-9-8-26(31(42)43)35-30(24)41)18-38-10-12-40(13-11-38)28-4-3-5-29(36-28)44-19-22-7-6-21(16-33)14-25(22)32/h3-9,14,17,20H,2,10-13,15,18-19H2,1H3,(H,42,43).